The van der Waals surface area contributed by atoms with Crippen molar-refractivity contribution in [3.05, 3.63) is 59.9 Å². The molecule has 2 heterocycles. The second-order valence-corrected chi connectivity index (χ2v) is 11.0. The Morgan fingerprint density at radius 3 is 2.45 bits per heavy atom. The van der Waals surface area contributed by atoms with Gasteiger partial charge in [0.1, 0.15) is 5.82 Å². The third-order valence-electron chi connectivity index (χ3n) is 6.72. The third kappa shape index (κ3) is 5.92. The quantitative estimate of drug-likeness (QED) is 0.682. The number of hydrogen-bond acceptors (Lipinski definition) is 4. The highest BCUT2D eigenvalue weighted by atomic mass is 32.2. The summed E-state index contributed by atoms with van der Waals surface area (Å²) in [5, 5.41) is 0. The highest BCUT2D eigenvalue weighted by Gasteiger charge is 2.28. The molecule has 0 spiro atoms. The van der Waals surface area contributed by atoms with Crippen LogP contribution in [0.3, 0.4) is 0 Å². The molecule has 2 saturated heterocycles. The molecule has 2 aromatic carbocycles. The zero-order chi connectivity index (χ0) is 23.4. The van der Waals surface area contributed by atoms with Gasteiger partial charge in [-0.1, -0.05) is 19.1 Å². The van der Waals surface area contributed by atoms with Gasteiger partial charge >= 0.3 is 0 Å². The molecule has 2 aliphatic heterocycles. The van der Waals surface area contributed by atoms with Gasteiger partial charge in [-0.15, -0.1) is 0 Å². The summed E-state index contributed by atoms with van der Waals surface area (Å²) in [5.74, 6) is 0.549. The van der Waals surface area contributed by atoms with E-state index in [1.165, 1.54) is 25.0 Å². The molecular weight excluding hydrogens is 441 g/mol. The first-order valence-corrected chi connectivity index (χ1v) is 13.2. The molecule has 6 nitrogen and oxygen atoms in total. The van der Waals surface area contributed by atoms with Gasteiger partial charge in [-0.3, -0.25) is 9.52 Å². The summed E-state index contributed by atoms with van der Waals surface area (Å²) in [6.07, 6.45) is 4.52. The standard InChI is InChI=1S/C25H32FN3O3S/c1-19-12-15-28(16-13-19)17-20-5-4-14-29(18-20)25(30)23-6-2-3-7-24(23)27-33(31,32)22-10-8-21(26)9-11-22/h2-3,6-11,19-20,27H,4-5,12-18H2,1H3. The van der Waals surface area contributed by atoms with E-state index in [1.54, 1.807) is 24.3 Å². The molecule has 2 aromatic rings. The zero-order valence-electron chi connectivity index (χ0n) is 19.0. The summed E-state index contributed by atoms with van der Waals surface area (Å²) in [4.78, 5) is 17.7. The molecular formula is C25H32FN3O3S. The molecule has 178 valence electrons. The van der Waals surface area contributed by atoms with Gasteiger partial charge in [0.2, 0.25) is 0 Å². The van der Waals surface area contributed by atoms with E-state index in [2.05, 4.69) is 16.5 Å². The lowest BCUT2D eigenvalue weighted by Crippen LogP contribution is -2.45. The number of para-hydroxylation sites is 1. The Bertz CT molecular complexity index is 1070. The number of likely N-dealkylation sites (tertiary alicyclic amines) is 2. The molecule has 33 heavy (non-hydrogen) atoms. The number of nitrogens with zero attached hydrogens (tertiary/aromatic N) is 2. The number of nitrogens with one attached hydrogen (secondary N) is 1. The van der Waals surface area contributed by atoms with E-state index in [4.69, 9.17) is 0 Å². The number of rotatable bonds is 6. The average molecular weight is 474 g/mol. The van der Waals surface area contributed by atoms with Crippen molar-refractivity contribution in [3.8, 4) is 0 Å². The third-order valence-corrected chi connectivity index (χ3v) is 8.11. The number of halogens is 1. The average Bonchev–Trinajstić information content (AvgIpc) is 2.81. The summed E-state index contributed by atoms with van der Waals surface area (Å²) in [5.41, 5.74) is 0.564. The first-order valence-electron chi connectivity index (χ1n) is 11.7. The van der Waals surface area contributed by atoms with Crippen LogP contribution < -0.4 is 4.72 Å². The predicted octanol–water partition coefficient (Wildman–Crippen LogP) is 4.21. The molecule has 1 amide bonds. The number of benzene rings is 2. The highest BCUT2D eigenvalue weighted by molar-refractivity contribution is 7.92. The fraction of sp³-hybridized carbons (Fsp3) is 0.480. The molecule has 0 saturated carbocycles. The molecule has 0 aromatic heterocycles. The van der Waals surface area contributed by atoms with E-state index in [0.717, 1.165) is 50.5 Å². The predicted molar refractivity (Wildman–Crippen MR) is 127 cm³/mol. The van der Waals surface area contributed by atoms with Gasteiger partial charge in [0.05, 0.1) is 16.1 Å². The van der Waals surface area contributed by atoms with Crippen molar-refractivity contribution in [2.24, 2.45) is 11.8 Å². The van der Waals surface area contributed by atoms with E-state index in [0.29, 0.717) is 24.6 Å². The van der Waals surface area contributed by atoms with Gasteiger partial charge in [0.15, 0.2) is 0 Å². The Hall–Kier alpha value is -2.45. The topological polar surface area (TPSA) is 69.7 Å². The second kappa shape index (κ2) is 10.2. The van der Waals surface area contributed by atoms with Gasteiger partial charge in [-0.05, 0) is 87.0 Å². The number of hydrogen-bond donors (Lipinski definition) is 1. The largest absolute Gasteiger partial charge is 0.338 e. The molecule has 2 fully saturated rings. The first-order chi connectivity index (χ1) is 15.8. The Morgan fingerprint density at radius 2 is 1.73 bits per heavy atom. The normalized spacial score (nSPS) is 20.5. The minimum absolute atomic E-state index is 0.0555. The fourth-order valence-corrected chi connectivity index (χ4v) is 5.83. The van der Waals surface area contributed by atoms with Crippen LogP contribution in [-0.4, -0.2) is 56.8 Å². The van der Waals surface area contributed by atoms with Crippen LogP contribution in [-0.2, 0) is 10.0 Å². The van der Waals surface area contributed by atoms with E-state index in [1.807, 2.05) is 4.90 Å². The van der Waals surface area contributed by atoms with Crippen LogP contribution in [0.5, 0.6) is 0 Å². The zero-order valence-corrected chi connectivity index (χ0v) is 19.9. The van der Waals surface area contributed by atoms with Crippen LogP contribution in [0.4, 0.5) is 10.1 Å². The molecule has 0 bridgehead atoms. The molecule has 1 N–H and O–H groups in total. The van der Waals surface area contributed by atoms with Crippen molar-refractivity contribution in [1.29, 1.82) is 0 Å². The van der Waals surface area contributed by atoms with E-state index in [-0.39, 0.29) is 16.5 Å². The first kappa shape index (κ1) is 23.7. The summed E-state index contributed by atoms with van der Waals surface area (Å²) < 4.78 is 41.3. The maximum atomic E-state index is 13.4. The van der Waals surface area contributed by atoms with Gasteiger partial charge in [0.25, 0.3) is 15.9 Å². The van der Waals surface area contributed by atoms with Gasteiger partial charge in [-0.2, -0.15) is 0 Å². The van der Waals surface area contributed by atoms with Crippen molar-refractivity contribution in [2.45, 2.75) is 37.5 Å². The number of sulfonamides is 1. The Labute approximate surface area is 195 Å². The second-order valence-electron chi connectivity index (χ2n) is 9.35. The number of anilines is 1. The lowest BCUT2D eigenvalue weighted by molar-refractivity contribution is 0.0623. The van der Waals surface area contributed by atoms with Crippen LogP contribution in [0.15, 0.2) is 53.4 Å². The Balaban J connectivity index is 1.45. The van der Waals surface area contributed by atoms with Crippen molar-refractivity contribution in [3.63, 3.8) is 0 Å². The maximum absolute atomic E-state index is 13.4. The van der Waals surface area contributed by atoms with Crippen LogP contribution in [0.2, 0.25) is 0 Å². The Kier molecular flexibility index (Phi) is 7.34. The number of amides is 1. The van der Waals surface area contributed by atoms with E-state index in [9.17, 15) is 17.6 Å². The van der Waals surface area contributed by atoms with Crippen LogP contribution in [0.1, 0.15) is 43.0 Å². The van der Waals surface area contributed by atoms with E-state index < -0.39 is 15.8 Å². The van der Waals surface area contributed by atoms with Crippen molar-refractivity contribution >= 4 is 21.6 Å². The highest BCUT2D eigenvalue weighted by Crippen LogP contribution is 2.26. The Morgan fingerprint density at radius 1 is 1.03 bits per heavy atom. The van der Waals surface area contributed by atoms with Crippen LogP contribution in [0.25, 0.3) is 0 Å². The van der Waals surface area contributed by atoms with Crippen molar-refractivity contribution in [1.82, 2.24) is 9.80 Å². The number of piperidine rings is 2. The molecule has 1 unspecified atom stereocenters. The van der Waals surface area contributed by atoms with E-state index >= 15 is 0 Å². The molecule has 4 rings (SSSR count). The fourth-order valence-electron chi connectivity index (χ4n) is 4.75. The summed E-state index contributed by atoms with van der Waals surface area (Å²) in [7, 11) is -3.95. The lowest BCUT2D eigenvalue weighted by Gasteiger charge is -2.38. The molecule has 1 atom stereocenters. The monoisotopic (exact) mass is 473 g/mol. The lowest BCUT2D eigenvalue weighted by atomic mass is 9.94. The van der Waals surface area contributed by atoms with Crippen molar-refractivity contribution < 1.29 is 17.6 Å². The number of carbonyl (C=O) groups is 1. The van der Waals surface area contributed by atoms with Gasteiger partial charge < -0.3 is 9.80 Å². The molecule has 0 aliphatic carbocycles. The van der Waals surface area contributed by atoms with Gasteiger partial charge in [-0.25, -0.2) is 12.8 Å². The molecule has 2 aliphatic rings. The van der Waals surface area contributed by atoms with Crippen LogP contribution >= 0.6 is 0 Å². The number of carbonyl (C=O) groups excluding carboxylic acids is 1. The summed E-state index contributed by atoms with van der Waals surface area (Å²) in [6, 6.07) is 11.3. The molecule has 8 heteroatoms. The van der Waals surface area contributed by atoms with Gasteiger partial charge in [0, 0.05) is 19.6 Å². The minimum atomic E-state index is -3.95. The SMILES string of the molecule is CC1CCN(CC2CCCN(C(=O)c3ccccc3NS(=O)(=O)c3ccc(F)cc3)C2)CC1. The molecule has 0 radical (unpaired) electrons. The van der Waals surface area contributed by atoms with Crippen molar-refractivity contribution in [2.75, 3.05) is 37.4 Å². The minimum Gasteiger partial charge on any atom is -0.338 e. The maximum Gasteiger partial charge on any atom is 0.261 e. The summed E-state index contributed by atoms with van der Waals surface area (Å²) >= 11 is 0. The summed E-state index contributed by atoms with van der Waals surface area (Å²) in [6.45, 7) is 6.92. The van der Waals surface area contributed by atoms with Crippen LogP contribution in [0, 0.1) is 17.7 Å². The smallest absolute Gasteiger partial charge is 0.261 e.